The number of pyridine rings is 6. The van der Waals surface area contributed by atoms with Crippen molar-refractivity contribution in [1.29, 1.82) is 0 Å². The molecule has 36 heteroatoms. The van der Waals surface area contributed by atoms with E-state index in [9.17, 15) is 39.6 Å². The lowest BCUT2D eigenvalue weighted by molar-refractivity contribution is 0.0972. The van der Waals surface area contributed by atoms with E-state index in [1.54, 1.807) is 124 Å². The van der Waals surface area contributed by atoms with Crippen molar-refractivity contribution in [2.75, 3.05) is 110 Å². The second-order valence-corrected chi connectivity index (χ2v) is 43.5. The Kier molecular flexibility index (Phi) is 24.3. The van der Waals surface area contributed by atoms with Gasteiger partial charge < -0.3 is 43.6 Å². The summed E-state index contributed by atoms with van der Waals surface area (Å²) in [6.07, 6.45) is 24.3. The van der Waals surface area contributed by atoms with E-state index in [4.69, 9.17) is 29.2 Å². The molecule has 6 aliphatic heterocycles. The van der Waals surface area contributed by atoms with Gasteiger partial charge in [-0.1, -0.05) is 39.0 Å². The number of nitrogens with one attached hydrogen (secondary N) is 3. The third-order valence-corrected chi connectivity index (χ3v) is 30.4. The van der Waals surface area contributed by atoms with Crippen molar-refractivity contribution in [3.8, 4) is 35.1 Å². The number of amides is 3. The SMILES string of the molecule is CN1CCCC2CN(c3nc(-n4ccc(OCCC5(C)CC5)n4)ccc3C(=O)NS(=O)(=O)c3cccc1n3)C(C)(C)C2.CN1CCCC2CN(c3nc(-n4ccc(OCCC5(C)CC5)n4)ccc3C(=O)NS(=O)(=O)c3cccc1n3)C(C)(C)C2.CN1CCCC2CN(c3nc(-n4ccc(OCCC5(C)CC5)n4)ccc3C(=O)NS(=O)(=O)c3cccc1n3)C(C)(C)C2. The molecule has 15 heterocycles. The first-order valence-electron chi connectivity index (χ1n) is 44.0. The van der Waals surface area contributed by atoms with Gasteiger partial charge in [0.1, 0.15) is 34.9 Å². The number of carbonyl (C=O) groups is 3. The number of hydrogen-bond donors (Lipinski definition) is 3. The summed E-state index contributed by atoms with van der Waals surface area (Å²) in [6.45, 7) is 25.8. The Labute approximate surface area is 738 Å². The minimum atomic E-state index is -4.23. The largest absolute Gasteiger partial charge is 0.477 e. The van der Waals surface area contributed by atoms with Crippen LogP contribution in [0.5, 0.6) is 17.6 Å². The van der Waals surface area contributed by atoms with Gasteiger partial charge in [0.2, 0.25) is 17.6 Å². The number of rotatable bonds is 15. The molecule has 0 aromatic carbocycles. The third-order valence-electron chi connectivity index (χ3n) is 26.7. The molecule has 3 amide bonds. The number of ether oxygens (including phenoxy) is 3. The maximum Gasteiger partial charge on any atom is 0.281 e. The molecule has 6 fully saturated rings. The fraction of sp³-hybridized carbons (Fsp3) is 0.533. The fourth-order valence-corrected chi connectivity index (χ4v) is 20.8. The summed E-state index contributed by atoms with van der Waals surface area (Å²) in [5, 5.41) is 13.1. The van der Waals surface area contributed by atoms with Crippen LogP contribution in [0.15, 0.2) is 143 Å². The molecule has 0 radical (unpaired) electrons. The van der Waals surface area contributed by atoms with Crippen molar-refractivity contribution in [3.63, 3.8) is 0 Å². The predicted molar refractivity (Wildman–Crippen MR) is 479 cm³/mol. The van der Waals surface area contributed by atoms with Gasteiger partial charge >= 0.3 is 0 Å². The van der Waals surface area contributed by atoms with Crippen molar-refractivity contribution < 1.29 is 53.8 Å². The van der Waals surface area contributed by atoms with Gasteiger partial charge in [0, 0.05) is 114 Å². The van der Waals surface area contributed by atoms with E-state index in [1.165, 1.54) is 56.7 Å². The normalized spacial score (nSPS) is 22.5. The summed E-state index contributed by atoms with van der Waals surface area (Å²) >= 11 is 0. The molecule has 3 saturated carbocycles. The summed E-state index contributed by atoms with van der Waals surface area (Å²) in [6, 6.07) is 29.7. The van der Waals surface area contributed by atoms with Gasteiger partial charge in [-0.15, -0.1) is 15.3 Å². The number of hydrogen-bond acceptors (Lipinski definition) is 27. The van der Waals surface area contributed by atoms with Gasteiger partial charge in [0.05, 0.1) is 36.5 Å². The van der Waals surface area contributed by atoms with E-state index in [2.05, 4.69) is 121 Å². The highest BCUT2D eigenvalue weighted by atomic mass is 32.2. The Morgan fingerprint density at radius 3 is 0.889 bits per heavy atom. The quantitative estimate of drug-likeness (QED) is 0.0858. The summed E-state index contributed by atoms with van der Waals surface area (Å²) in [5.74, 6) is 4.94. The van der Waals surface area contributed by atoms with Crippen LogP contribution in [-0.4, -0.2) is 199 Å². The number of anilines is 6. The van der Waals surface area contributed by atoms with Crippen LogP contribution in [0.2, 0.25) is 0 Å². The minimum absolute atomic E-state index is 0.181. The molecule has 18 rings (SSSR count). The number of sulfonamides is 3. The maximum absolute atomic E-state index is 13.6. The third kappa shape index (κ3) is 20.2. The maximum atomic E-state index is 13.6. The van der Waals surface area contributed by atoms with Crippen LogP contribution >= 0.6 is 0 Å². The first-order valence-corrected chi connectivity index (χ1v) is 48.4. The fourth-order valence-electron chi connectivity index (χ4n) is 18.0. The first kappa shape index (κ1) is 88.4. The predicted octanol–water partition coefficient (Wildman–Crippen LogP) is 12.6. The van der Waals surface area contributed by atoms with Crippen LogP contribution in [-0.2, 0) is 30.1 Å². The zero-order valence-corrected chi connectivity index (χ0v) is 76.6. The molecule has 126 heavy (non-hydrogen) atoms. The number of fused-ring (bicyclic) bond motifs is 18. The average molecular weight is 1780 g/mol. The number of aromatic nitrogens is 12. The first-order chi connectivity index (χ1) is 59.8. The molecule has 0 spiro atoms. The smallest absolute Gasteiger partial charge is 0.281 e. The van der Waals surface area contributed by atoms with E-state index in [-0.39, 0.29) is 48.4 Å². The zero-order chi connectivity index (χ0) is 89.1. The van der Waals surface area contributed by atoms with Gasteiger partial charge in [-0.3, -0.25) is 14.4 Å². The number of nitrogens with zero attached hydrogens (tertiary/aromatic N) is 18. The Bertz CT molecular complexity index is 5360. The monoisotopic (exact) mass is 1780 g/mol. The number of carbonyl (C=O) groups excluding carboxylic acids is 3. The molecule has 9 aliphatic rings. The van der Waals surface area contributed by atoms with Crippen molar-refractivity contribution >= 4 is 82.7 Å². The second-order valence-electron chi connectivity index (χ2n) is 38.6. The van der Waals surface area contributed by atoms with Gasteiger partial charge in [-0.25, -0.2) is 58.1 Å². The van der Waals surface area contributed by atoms with Crippen LogP contribution in [0.25, 0.3) is 17.5 Å². The van der Waals surface area contributed by atoms with Crippen LogP contribution in [0.3, 0.4) is 0 Å². The lowest BCUT2D eigenvalue weighted by atomic mass is 9.93. The van der Waals surface area contributed by atoms with E-state index in [0.717, 1.165) is 96.7 Å². The topological polar surface area (TPSA) is 368 Å². The van der Waals surface area contributed by atoms with Crippen LogP contribution in [0.1, 0.15) is 209 Å². The summed E-state index contributed by atoms with van der Waals surface area (Å²) < 4.78 is 109. The second kappa shape index (κ2) is 34.6. The lowest BCUT2D eigenvalue weighted by Gasteiger charge is -2.34. The van der Waals surface area contributed by atoms with Crippen LogP contribution in [0, 0.1) is 34.0 Å². The van der Waals surface area contributed by atoms with Gasteiger partial charge in [-0.2, -0.15) is 25.3 Å². The molecule has 3 atom stereocenters. The summed E-state index contributed by atoms with van der Waals surface area (Å²) in [4.78, 5) is 80.9. The molecule has 12 bridgehead atoms. The molecule has 672 valence electrons. The highest BCUT2D eigenvalue weighted by Gasteiger charge is 2.46. The molecule has 3 aliphatic carbocycles. The lowest BCUT2D eigenvalue weighted by Crippen LogP contribution is -2.41. The van der Waals surface area contributed by atoms with E-state index >= 15 is 0 Å². The highest BCUT2D eigenvalue weighted by molar-refractivity contribution is 7.90. The Morgan fingerprint density at radius 2 is 0.627 bits per heavy atom. The molecule has 9 aromatic rings. The van der Waals surface area contributed by atoms with E-state index in [0.29, 0.717) is 143 Å². The molecule has 3 N–H and O–H groups in total. The average Bonchev–Trinajstić information content (AvgIpc) is 1.58. The Morgan fingerprint density at radius 1 is 0.357 bits per heavy atom. The molecular formula is C90H117N21O12S3. The zero-order valence-electron chi connectivity index (χ0n) is 74.1. The summed E-state index contributed by atoms with van der Waals surface area (Å²) in [7, 11) is -6.98. The van der Waals surface area contributed by atoms with Gasteiger partial charge in [-0.05, 0) is 264 Å². The standard InChI is InChI=1S/3C30H39N7O4S/c3*1-29(2)19-21-7-6-16-35(4)23-8-5-9-26(31-23)42(39,40)34-28(38)22-10-11-24(32-27(22)36(29)20-21)37-17-12-25(33-37)41-18-15-30(3)13-14-30/h3*5,8-12,17,21H,6-7,13-16,18-20H2,1-4H3,(H,34,38). The highest BCUT2D eigenvalue weighted by Crippen LogP contribution is 2.51. The van der Waals surface area contributed by atoms with Gasteiger partial charge in [0.25, 0.3) is 47.8 Å². The Balaban J connectivity index is 0.000000139. The molecular weight excluding hydrogens is 1660 g/mol. The minimum Gasteiger partial charge on any atom is -0.477 e. The van der Waals surface area contributed by atoms with Crippen LogP contribution < -0.4 is 57.8 Å². The van der Waals surface area contributed by atoms with E-state index < -0.39 is 47.8 Å². The molecule has 33 nitrogen and oxygen atoms in total. The molecule has 9 aromatic heterocycles. The van der Waals surface area contributed by atoms with Crippen molar-refractivity contribution in [3.05, 3.63) is 144 Å². The Hall–Kier alpha value is -11.0. The van der Waals surface area contributed by atoms with Gasteiger partial charge in [0.15, 0.2) is 32.5 Å². The van der Waals surface area contributed by atoms with Crippen molar-refractivity contribution in [1.82, 2.24) is 73.4 Å². The molecule has 3 unspecified atom stereocenters. The van der Waals surface area contributed by atoms with E-state index in [1.807, 2.05) is 35.8 Å². The summed E-state index contributed by atoms with van der Waals surface area (Å²) in [5.41, 5.74) is 0.853. The van der Waals surface area contributed by atoms with Crippen molar-refractivity contribution in [2.45, 2.75) is 210 Å². The molecule has 3 saturated heterocycles. The van der Waals surface area contributed by atoms with Crippen LogP contribution in [0.4, 0.5) is 34.9 Å². The van der Waals surface area contributed by atoms with Crippen molar-refractivity contribution in [2.24, 2.45) is 34.0 Å².